The van der Waals surface area contributed by atoms with E-state index in [4.69, 9.17) is 10.5 Å². The van der Waals surface area contributed by atoms with Gasteiger partial charge in [-0.3, -0.25) is 4.79 Å². The van der Waals surface area contributed by atoms with Crippen LogP contribution in [0.5, 0.6) is 0 Å². The third kappa shape index (κ3) is 1.96. The molecule has 3 heteroatoms. The van der Waals surface area contributed by atoms with E-state index in [1.807, 2.05) is 0 Å². The van der Waals surface area contributed by atoms with Gasteiger partial charge < -0.3 is 10.5 Å². The molecule has 3 nitrogen and oxygen atoms in total. The highest BCUT2D eigenvalue weighted by molar-refractivity contribution is 5.77. The van der Waals surface area contributed by atoms with Gasteiger partial charge in [0.15, 0.2) is 0 Å². The highest BCUT2D eigenvalue weighted by Gasteiger charge is 2.70. The zero-order valence-electron chi connectivity index (χ0n) is 12.5. The van der Waals surface area contributed by atoms with Crippen LogP contribution in [0.3, 0.4) is 0 Å². The molecule has 2 bridgehead atoms. The second-order valence-electron chi connectivity index (χ2n) is 7.07. The van der Waals surface area contributed by atoms with Gasteiger partial charge in [0, 0.05) is 0 Å². The lowest BCUT2D eigenvalue weighted by Gasteiger charge is -2.72. The van der Waals surface area contributed by atoms with Crippen molar-refractivity contribution in [3.63, 3.8) is 0 Å². The van der Waals surface area contributed by atoms with E-state index in [1.165, 1.54) is 23.8 Å². The molecule has 20 heavy (non-hydrogen) atoms. The maximum Gasteiger partial charge on any atom is 0.323 e. The maximum absolute atomic E-state index is 11.6. The molecule has 0 radical (unpaired) electrons. The molecular formula is C17H23NO2. The van der Waals surface area contributed by atoms with Gasteiger partial charge in [-0.1, -0.05) is 29.3 Å². The molecular weight excluding hydrogens is 250 g/mol. The Kier molecular flexibility index (Phi) is 2.94. The largest absolute Gasteiger partial charge is 0.468 e. The number of carbonyl (C=O) groups is 1. The first-order valence-electron chi connectivity index (χ1n) is 7.29. The van der Waals surface area contributed by atoms with Crippen molar-refractivity contribution < 1.29 is 9.53 Å². The fourth-order valence-electron chi connectivity index (χ4n) is 4.58. The minimum Gasteiger partial charge on any atom is -0.468 e. The topological polar surface area (TPSA) is 52.3 Å². The number of ether oxygens (including phenoxy) is 1. The first kappa shape index (κ1) is 13.6. The van der Waals surface area contributed by atoms with Gasteiger partial charge in [0.2, 0.25) is 0 Å². The van der Waals surface area contributed by atoms with E-state index < -0.39 is 6.04 Å². The van der Waals surface area contributed by atoms with Crippen molar-refractivity contribution in [2.75, 3.05) is 7.11 Å². The molecule has 1 aromatic rings. The summed E-state index contributed by atoms with van der Waals surface area (Å²) in [5.41, 5.74) is 10.5. The Morgan fingerprint density at radius 2 is 1.80 bits per heavy atom. The van der Waals surface area contributed by atoms with E-state index in [2.05, 4.69) is 32.0 Å². The van der Waals surface area contributed by atoms with Crippen molar-refractivity contribution in [2.45, 2.75) is 45.6 Å². The zero-order valence-corrected chi connectivity index (χ0v) is 12.5. The number of rotatable bonds is 4. The van der Waals surface area contributed by atoms with Gasteiger partial charge in [0.25, 0.3) is 0 Å². The van der Waals surface area contributed by atoms with Gasteiger partial charge in [0.05, 0.1) is 7.11 Å². The van der Waals surface area contributed by atoms with Crippen LogP contribution in [0, 0.1) is 24.7 Å². The number of aryl methyl sites for hydroxylation is 2. The summed E-state index contributed by atoms with van der Waals surface area (Å²) in [6, 6.07) is 6.33. The third-order valence-corrected chi connectivity index (χ3v) is 5.16. The number of methoxy groups -OCH3 is 1. The Labute approximate surface area is 120 Å². The SMILES string of the molecule is COC(=O)C(N)C12CC(Cc3cc(C)cc(C)c3)(C1)C2. The van der Waals surface area contributed by atoms with Crippen molar-refractivity contribution in [1.82, 2.24) is 0 Å². The summed E-state index contributed by atoms with van der Waals surface area (Å²) in [5, 5.41) is 0. The second kappa shape index (κ2) is 4.32. The van der Waals surface area contributed by atoms with Gasteiger partial charge in [-0.2, -0.15) is 0 Å². The van der Waals surface area contributed by atoms with Gasteiger partial charge in [-0.25, -0.2) is 0 Å². The van der Waals surface area contributed by atoms with Crippen LogP contribution in [0.4, 0.5) is 0 Å². The summed E-state index contributed by atoms with van der Waals surface area (Å²) in [4.78, 5) is 11.6. The third-order valence-electron chi connectivity index (χ3n) is 5.16. The molecule has 0 spiro atoms. The molecule has 1 aromatic carbocycles. The molecule has 3 aliphatic rings. The van der Waals surface area contributed by atoms with Crippen molar-refractivity contribution in [3.8, 4) is 0 Å². The average Bonchev–Trinajstić information content (AvgIpc) is 2.28. The van der Waals surface area contributed by atoms with E-state index in [9.17, 15) is 4.79 Å². The lowest BCUT2D eigenvalue weighted by atomic mass is 9.32. The van der Waals surface area contributed by atoms with Gasteiger partial charge >= 0.3 is 5.97 Å². The quantitative estimate of drug-likeness (QED) is 0.858. The fraction of sp³-hybridized carbons (Fsp3) is 0.588. The Bertz CT molecular complexity index is 524. The Balaban J connectivity index is 1.65. The maximum atomic E-state index is 11.6. The number of carbonyl (C=O) groups excluding carboxylic acids is 1. The second-order valence-corrected chi connectivity index (χ2v) is 7.07. The van der Waals surface area contributed by atoms with E-state index in [1.54, 1.807) is 0 Å². The standard InChI is InChI=1S/C17H23NO2/c1-11-4-12(2)6-13(5-11)7-16-8-17(9-16,10-16)14(18)15(19)20-3/h4-6,14H,7-10,18H2,1-3H3. The lowest BCUT2D eigenvalue weighted by Crippen LogP contribution is -2.71. The van der Waals surface area contributed by atoms with Crippen molar-refractivity contribution >= 4 is 5.97 Å². The van der Waals surface area contributed by atoms with Gasteiger partial charge in [0.1, 0.15) is 6.04 Å². The molecule has 2 N–H and O–H groups in total. The Hall–Kier alpha value is -1.35. The molecule has 4 rings (SSSR count). The molecule has 108 valence electrons. The van der Waals surface area contributed by atoms with Crippen molar-refractivity contribution in [1.29, 1.82) is 0 Å². The number of hydrogen-bond acceptors (Lipinski definition) is 3. The van der Waals surface area contributed by atoms with Crippen LogP contribution in [0.1, 0.15) is 36.0 Å². The van der Waals surface area contributed by atoms with Gasteiger partial charge in [-0.05, 0) is 55.9 Å². The van der Waals surface area contributed by atoms with Crippen molar-refractivity contribution in [2.24, 2.45) is 16.6 Å². The molecule has 1 unspecified atom stereocenters. The van der Waals surface area contributed by atoms with E-state index in [-0.39, 0.29) is 11.4 Å². The van der Waals surface area contributed by atoms with E-state index in [0.717, 1.165) is 25.7 Å². The smallest absolute Gasteiger partial charge is 0.323 e. The summed E-state index contributed by atoms with van der Waals surface area (Å²) >= 11 is 0. The molecule has 0 aliphatic heterocycles. The molecule has 0 amide bonds. The predicted octanol–water partition coefficient (Wildman–Crippen LogP) is 2.52. The molecule has 1 atom stereocenters. The number of esters is 1. The first-order valence-corrected chi connectivity index (χ1v) is 7.29. The number of benzene rings is 1. The van der Waals surface area contributed by atoms with Crippen LogP contribution in [0.15, 0.2) is 18.2 Å². The van der Waals surface area contributed by atoms with Gasteiger partial charge in [-0.15, -0.1) is 0 Å². The predicted molar refractivity (Wildman–Crippen MR) is 78.3 cm³/mol. The Morgan fingerprint density at radius 1 is 1.25 bits per heavy atom. The van der Waals surface area contributed by atoms with Crippen LogP contribution < -0.4 is 5.73 Å². The van der Waals surface area contributed by atoms with Crippen LogP contribution in [-0.2, 0) is 16.0 Å². The highest BCUT2D eigenvalue weighted by atomic mass is 16.5. The molecule has 3 saturated carbocycles. The molecule has 0 heterocycles. The normalized spacial score (nSPS) is 32.0. The molecule has 0 aromatic heterocycles. The van der Waals surface area contributed by atoms with Crippen LogP contribution >= 0.6 is 0 Å². The minimum atomic E-state index is -0.436. The molecule has 3 aliphatic carbocycles. The Morgan fingerprint density at radius 3 is 2.30 bits per heavy atom. The highest BCUT2D eigenvalue weighted by Crippen LogP contribution is 2.75. The molecule has 3 fully saturated rings. The zero-order chi connectivity index (χ0) is 14.5. The van der Waals surface area contributed by atoms with E-state index in [0.29, 0.717) is 5.41 Å². The summed E-state index contributed by atoms with van der Waals surface area (Å²) in [7, 11) is 1.42. The minimum absolute atomic E-state index is 0.0337. The van der Waals surface area contributed by atoms with E-state index >= 15 is 0 Å². The fourth-order valence-corrected chi connectivity index (χ4v) is 4.58. The lowest BCUT2D eigenvalue weighted by molar-refractivity contribution is -0.220. The summed E-state index contributed by atoms with van der Waals surface area (Å²) in [6.07, 6.45) is 4.33. The van der Waals surface area contributed by atoms with Crippen LogP contribution in [-0.4, -0.2) is 19.1 Å². The summed E-state index contributed by atoms with van der Waals surface area (Å²) < 4.78 is 4.78. The number of hydrogen-bond donors (Lipinski definition) is 1. The first-order chi connectivity index (χ1) is 9.38. The summed E-state index contributed by atoms with van der Waals surface area (Å²) in [5.74, 6) is -0.260. The number of nitrogens with two attached hydrogens (primary N) is 1. The van der Waals surface area contributed by atoms with Crippen LogP contribution in [0.25, 0.3) is 0 Å². The molecule has 0 saturated heterocycles. The monoisotopic (exact) mass is 273 g/mol. The van der Waals surface area contributed by atoms with Crippen LogP contribution in [0.2, 0.25) is 0 Å². The summed E-state index contributed by atoms with van der Waals surface area (Å²) in [6.45, 7) is 4.29. The average molecular weight is 273 g/mol. The van der Waals surface area contributed by atoms with Crippen molar-refractivity contribution in [3.05, 3.63) is 34.9 Å².